The number of anilines is 2. The lowest BCUT2D eigenvalue weighted by atomic mass is 10.1. The van der Waals surface area contributed by atoms with Gasteiger partial charge in [-0.3, -0.25) is 4.79 Å². The Morgan fingerprint density at radius 3 is 2.30 bits per heavy atom. The van der Waals surface area contributed by atoms with Gasteiger partial charge in [-0.1, -0.05) is 0 Å². The molecule has 1 aromatic rings. The maximum atomic E-state index is 13.2. The molecule has 2 saturated heterocycles. The molecule has 3 rings (SSSR count). The lowest BCUT2D eigenvalue weighted by Gasteiger charge is -2.27. The zero-order chi connectivity index (χ0) is 14.2. The van der Waals surface area contributed by atoms with Crippen LogP contribution in [-0.2, 0) is 4.79 Å². The van der Waals surface area contributed by atoms with Crippen molar-refractivity contribution in [2.45, 2.75) is 31.6 Å². The van der Waals surface area contributed by atoms with Gasteiger partial charge in [0.2, 0.25) is 5.91 Å². The molecule has 3 nitrogen and oxygen atoms in total. The predicted molar refractivity (Wildman–Crippen MR) is 74.4 cm³/mol. The van der Waals surface area contributed by atoms with E-state index in [1.54, 1.807) is 9.80 Å². The molecule has 0 spiro atoms. The first-order valence-corrected chi connectivity index (χ1v) is 7.08. The highest BCUT2D eigenvalue weighted by atomic mass is 19.3. The molecule has 108 valence electrons. The summed E-state index contributed by atoms with van der Waals surface area (Å²) >= 11 is 0. The minimum absolute atomic E-state index is 0.0840. The molecule has 0 radical (unpaired) electrons. The lowest BCUT2D eigenvalue weighted by Crippen LogP contribution is -2.35. The van der Waals surface area contributed by atoms with Crippen LogP contribution in [-0.4, -0.2) is 31.5 Å². The van der Waals surface area contributed by atoms with Gasteiger partial charge in [-0.2, -0.15) is 0 Å². The van der Waals surface area contributed by atoms with Crippen LogP contribution in [0.1, 0.15) is 25.7 Å². The average molecular weight is 280 g/mol. The first-order valence-electron chi connectivity index (χ1n) is 7.08. The number of nitrogens with zero attached hydrogens (tertiary/aromatic N) is 2. The second kappa shape index (κ2) is 5.04. The Kier molecular flexibility index (Phi) is 3.36. The van der Waals surface area contributed by atoms with Crippen LogP contribution in [0.5, 0.6) is 0 Å². The summed E-state index contributed by atoms with van der Waals surface area (Å²) in [7, 11) is 0. The van der Waals surface area contributed by atoms with Gasteiger partial charge in [0.15, 0.2) is 0 Å². The van der Waals surface area contributed by atoms with E-state index in [1.807, 2.05) is 24.3 Å². The summed E-state index contributed by atoms with van der Waals surface area (Å²) in [4.78, 5) is 15.3. The van der Waals surface area contributed by atoms with E-state index in [0.717, 1.165) is 30.8 Å². The van der Waals surface area contributed by atoms with Crippen LogP contribution in [0.15, 0.2) is 24.3 Å². The van der Waals surface area contributed by atoms with Crippen molar-refractivity contribution in [1.82, 2.24) is 0 Å². The van der Waals surface area contributed by atoms with Crippen LogP contribution in [0.3, 0.4) is 0 Å². The van der Waals surface area contributed by atoms with E-state index in [1.165, 1.54) is 0 Å². The number of hydrogen-bond acceptors (Lipinski definition) is 2. The summed E-state index contributed by atoms with van der Waals surface area (Å²) in [5.74, 6) is -2.43. The van der Waals surface area contributed by atoms with Crippen molar-refractivity contribution in [1.29, 1.82) is 0 Å². The molecule has 0 aliphatic carbocycles. The minimum atomic E-state index is -2.58. The Morgan fingerprint density at radius 2 is 1.70 bits per heavy atom. The second-order valence-electron chi connectivity index (χ2n) is 5.55. The average Bonchev–Trinajstić information content (AvgIpc) is 2.80. The van der Waals surface area contributed by atoms with Gasteiger partial charge in [0.1, 0.15) is 0 Å². The van der Waals surface area contributed by atoms with Crippen LogP contribution in [0.25, 0.3) is 0 Å². The minimum Gasteiger partial charge on any atom is -0.365 e. The fourth-order valence-electron chi connectivity index (χ4n) is 2.88. The molecule has 0 bridgehead atoms. The summed E-state index contributed by atoms with van der Waals surface area (Å²) in [5, 5.41) is 0. The van der Waals surface area contributed by atoms with Crippen LogP contribution < -0.4 is 9.80 Å². The van der Waals surface area contributed by atoms with Gasteiger partial charge in [0.25, 0.3) is 5.92 Å². The molecular weight excluding hydrogens is 262 g/mol. The van der Waals surface area contributed by atoms with Gasteiger partial charge in [-0.25, -0.2) is 8.78 Å². The Hall–Kier alpha value is -1.65. The van der Waals surface area contributed by atoms with E-state index in [-0.39, 0.29) is 18.9 Å². The Balaban J connectivity index is 1.73. The molecule has 1 amide bonds. The fourth-order valence-corrected chi connectivity index (χ4v) is 2.88. The number of halogens is 2. The number of carbonyl (C=O) groups is 1. The number of carbonyl (C=O) groups excluding carboxylic acids is 1. The van der Waals surface area contributed by atoms with Crippen LogP contribution >= 0.6 is 0 Å². The zero-order valence-corrected chi connectivity index (χ0v) is 11.3. The summed E-state index contributed by atoms with van der Waals surface area (Å²) < 4.78 is 26.4. The largest absolute Gasteiger partial charge is 0.365 e. The number of amides is 1. The number of alkyl halides is 2. The molecule has 2 aliphatic heterocycles. The van der Waals surface area contributed by atoms with Gasteiger partial charge in [0, 0.05) is 37.3 Å². The highest BCUT2D eigenvalue weighted by Gasteiger charge is 2.38. The molecule has 1 aromatic carbocycles. The quantitative estimate of drug-likeness (QED) is 0.831. The third-order valence-corrected chi connectivity index (χ3v) is 4.02. The summed E-state index contributed by atoms with van der Waals surface area (Å²) in [6, 6.07) is 7.38. The van der Waals surface area contributed by atoms with E-state index in [9.17, 15) is 13.6 Å². The van der Waals surface area contributed by atoms with Gasteiger partial charge in [0.05, 0.1) is 6.54 Å². The summed E-state index contributed by atoms with van der Waals surface area (Å²) in [6.07, 6.45) is 2.49. The molecular formula is C15H18F2N2O. The Labute approximate surface area is 117 Å². The molecule has 5 heteroatoms. The molecule has 2 heterocycles. The molecule has 0 N–H and O–H groups in total. The van der Waals surface area contributed by atoms with Crippen LogP contribution in [0.2, 0.25) is 0 Å². The first-order chi connectivity index (χ1) is 9.55. The number of rotatable bonds is 2. The molecule has 2 aliphatic rings. The van der Waals surface area contributed by atoms with E-state index < -0.39 is 5.92 Å². The standard InChI is InChI=1S/C15H18F2N2O/c16-15(17)8-10-18(11-15)12-4-6-13(7-5-12)19-9-2-1-3-14(19)20/h4-7H,1-3,8-11H2. The number of hydrogen-bond donors (Lipinski definition) is 0. The molecule has 0 saturated carbocycles. The maximum absolute atomic E-state index is 13.2. The van der Waals surface area contributed by atoms with E-state index >= 15 is 0 Å². The van der Waals surface area contributed by atoms with Gasteiger partial charge >= 0.3 is 0 Å². The number of piperidine rings is 1. The predicted octanol–water partition coefficient (Wildman–Crippen LogP) is 3.05. The third-order valence-electron chi connectivity index (χ3n) is 4.02. The maximum Gasteiger partial charge on any atom is 0.266 e. The lowest BCUT2D eigenvalue weighted by molar-refractivity contribution is -0.119. The second-order valence-corrected chi connectivity index (χ2v) is 5.55. The van der Waals surface area contributed by atoms with E-state index in [0.29, 0.717) is 13.0 Å². The Morgan fingerprint density at radius 1 is 1.00 bits per heavy atom. The molecule has 0 unspecified atom stereocenters. The van der Waals surface area contributed by atoms with Gasteiger partial charge in [-0.05, 0) is 37.1 Å². The molecule has 20 heavy (non-hydrogen) atoms. The highest BCUT2D eigenvalue weighted by molar-refractivity contribution is 5.94. The highest BCUT2D eigenvalue weighted by Crippen LogP contribution is 2.32. The van der Waals surface area contributed by atoms with E-state index in [2.05, 4.69) is 0 Å². The van der Waals surface area contributed by atoms with E-state index in [4.69, 9.17) is 0 Å². The molecule has 0 atom stereocenters. The Bertz CT molecular complexity index is 501. The summed E-state index contributed by atoms with van der Waals surface area (Å²) in [6.45, 7) is 0.921. The zero-order valence-electron chi connectivity index (χ0n) is 11.3. The topological polar surface area (TPSA) is 23.6 Å². The van der Waals surface area contributed by atoms with Gasteiger partial charge < -0.3 is 9.80 Å². The summed E-state index contributed by atoms with van der Waals surface area (Å²) in [5.41, 5.74) is 1.67. The monoisotopic (exact) mass is 280 g/mol. The SMILES string of the molecule is O=C1CCCCN1c1ccc(N2CCC(F)(F)C2)cc1. The fraction of sp³-hybridized carbons (Fsp3) is 0.533. The van der Waals surface area contributed by atoms with Crippen LogP contribution in [0.4, 0.5) is 20.2 Å². The van der Waals surface area contributed by atoms with Crippen molar-refractivity contribution >= 4 is 17.3 Å². The third kappa shape index (κ3) is 2.62. The molecule has 2 fully saturated rings. The van der Waals surface area contributed by atoms with Crippen molar-refractivity contribution in [3.05, 3.63) is 24.3 Å². The van der Waals surface area contributed by atoms with Crippen molar-refractivity contribution < 1.29 is 13.6 Å². The van der Waals surface area contributed by atoms with Crippen molar-refractivity contribution in [3.8, 4) is 0 Å². The molecule has 0 aromatic heterocycles. The van der Waals surface area contributed by atoms with Crippen molar-refractivity contribution in [3.63, 3.8) is 0 Å². The van der Waals surface area contributed by atoms with Crippen molar-refractivity contribution in [2.75, 3.05) is 29.4 Å². The van der Waals surface area contributed by atoms with Crippen LogP contribution in [0, 0.1) is 0 Å². The smallest absolute Gasteiger partial charge is 0.266 e. The van der Waals surface area contributed by atoms with Gasteiger partial charge in [-0.15, -0.1) is 0 Å². The number of benzene rings is 1. The van der Waals surface area contributed by atoms with Crippen molar-refractivity contribution in [2.24, 2.45) is 0 Å². The normalized spacial score (nSPS) is 22.4. The first kappa shape index (κ1) is 13.3.